The Balaban J connectivity index is 2.30. The van der Waals surface area contributed by atoms with Crippen molar-refractivity contribution in [3.8, 4) is 0 Å². The minimum absolute atomic E-state index is 0.172. The van der Waals surface area contributed by atoms with E-state index in [9.17, 15) is 8.42 Å². The quantitative estimate of drug-likeness (QED) is 0.765. The molecule has 2 rings (SSSR count). The van der Waals surface area contributed by atoms with Gasteiger partial charge in [-0.3, -0.25) is 0 Å². The summed E-state index contributed by atoms with van der Waals surface area (Å²) in [7, 11) is -2.93. The first-order valence-electron chi connectivity index (χ1n) is 5.79. The zero-order chi connectivity index (χ0) is 14.0. The molecule has 2 aromatic rings. The molecule has 0 saturated heterocycles. The van der Waals surface area contributed by atoms with E-state index in [0.717, 1.165) is 21.3 Å². The fourth-order valence-electron chi connectivity index (χ4n) is 1.99. The van der Waals surface area contributed by atoms with Gasteiger partial charge in [-0.25, -0.2) is 13.4 Å². The first-order chi connectivity index (χ1) is 8.90. The van der Waals surface area contributed by atoms with E-state index < -0.39 is 9.84 Å². The molecule has 0 bridgehead atoms. The Morgan fingerprint density at radius 3 is 2.79 bits per heavy atom. The van der Waals surface area contributed by atoms with Crippen LogP contribution in [0.1, 0.15) is 12.2 Å². The van der Waals surface area contributed by atoms with Crippen LogP contribution in [0.2, 0.25) is 0 Å². The number of aryl methyl sites for hydroxylation is 1. The van der Waals surface area contributed by atoms with Gasteiger partial charge in [0.25, 0.3) is 0 Å². The molecule has 0 saturated carbocycles. The number of aromatic nitrogens is 2. The van der Waals surface area contributed by atoms with Crippen LogP contribution in [-0.4, -0.2) is 30.0 Å². The lowest BCUT2D eigenvalue weighted by molar-refractivity contribution is 0.591. The highest BCUT2D eigenvalue weighted by molar-refractivity contribution is 9.10. The summed E-state index contributed by atoms with van der Waals surface area (Å²) in [5.41, 5.74) is 1.84. The summed E-state index contributed by atoms with van der Waals surface area (Å²) < 4.78 is 25.3. The van der Waals surface area contributed by atoms with Crippen molar-refractivity contribution < 1.29 is 8.42 Å². The summed E-state index contributed by atoms with van der Waals surface area (Å²) in [5, 5.41) is 0. The molecule has 7 heteroatoms. The minimum Gasteiger partial charge on any atom is -0.327 e. The van der Waals surface area contributed by atoms with Gasteiger partial charge in [-0.2, -0.15) is 0 Å². The lowest BCUT2D eigenvalue weighted by Crippen LogP contribution is -2.09. The van der Waals surface area contributed by atoms with E-state index in [2.05, 4.69) is 20.9 Å². The molecule has 1 aromatic heterocycles. The topological polar surface area (TPSA) is 52.0 Å². The van der Waals surface area contributed by atoms with Crippen LogP contribution in [0, 0.1) is 0 Å². The Morgan fingerprint density at radius 1 is 1.42 bits per heavy atom. The fraction of sp³-hybridized carbons (Fsp3) is 0.417. The Morgan fingerprint density at radius 2 is 2.16 bits per heavy atom. The van der Waals surface area contributed by atoms with Gasteiger partial charge in [0, 0.05) is 17.3 Å². The first-order valence-corrected chi connectivity index (χ1v) is 9.18. The monoisotopic (exact) mass is 364 g/mol. The Hall–Kier alpha value is -0.590. The van der Waals surface area contributed by atoms with E-state index >= 15 is 0 Å². The Bertz CT molecular complexity index is 697. The summed E-state index contributed by atoms with van der Waals surface area (Å²) in [4.78, 5) is 4.46. The molecule has 0 aliphatic carbocycles. The number of sulfone groups is 1. The van der Waals surface area contributed by atoms with Gasteiger partial charge < -0.3 is 4.57 Å². The van der Waals surface area contributed by atoms with Crippen LogP contribution in [0.5, 0.6) is 0 Å². The molecule has 1 aromatic carbocycles. The van der Waals surface area contributed by atoms with Gasteiger partial charge in [0.15, 0.2) is 0 Å². The van der Waals surface area contributed by atoms with Crippen LogP contribution >= 0.6 is 27.5 Å². The average Bonchev–Trinajstić information content (AvgIpc) is 2.65. The van der Waals surface area contributed by atoms with Crippen molar-refractivity contribution >= 4 is 48.4 Å². The molecular weight excluding hydrogens is 352 g/mol. The van der Waals surface area contributed by atoms with Crippen molar-refractivity contribution in [3.05, 3.63) is 28.5 Å². The predicted molar refractivity (Wildman–Crippen MR) is 81.3 cm³/mol. The molecular formula is C12H14BrClN2O2S. The summed E-state index contributed by atoms with van der Waals surface area (Å²) in [6.07, 6.45) is 1.81. The second-order valence-corrected chi connectivity index (χ2v) is 7.87. The van der Waals surface area contributed by atoms with Gasteiger partial charge >= 0.3 is 0 Å². The highest BCUT2D eigenvalue weighted by atomic mass is 79.9. The SMILES string of the molecule is CS(=O)(=O)CCCn1c(CCl)nc2cc(Br)ccc21. The van der Waals surface area contributed by atoms with Gasteiger partial charge in [0.05, 0.1) is 22.7 Å². The standard InChI is InChI=1S/C12H14BrClN2O2S/c1-19(17,18)6-2-5-16-11-4-3-9(13)7-10(11)15-12(16)8-14/h3-4,7H,2,5-6,8H2,1H3. The number of halogens is 2. The molecule has 0 atom stereocenters. The average molecular weight is 366 g/mol. The highest BCUT2D eigenvalue weighted by Gasteiger charge is 2.11. The number of fused-ring (bicyclic) bond motifs is 1. The number of rotatable bonds is 5. The fourth-order valence-corrected chi connectivity index (χ4v) is 3.20. The van der Waals surface area contributed by atoms with E-state index in [-0.39, 0.29) is 5.75 Å². The van der Waals surface area contributed by atoms with Gasteiger partial charge in [0.1, 0.15) is 15.7 Å². The van der Waals surface area contributed by atoms with Crippen LogP contribution in [0.4, 0.5) is 0 Å². The van der Waals surface area contributed by atoms with E-state index in [1.54, 1.807) is 0 Å². The van der Waals surface area contributed by atoms with Crippen LogP contribution in [-0.2, 0) is 22.3 Å². The third-order valence-electron chi connectivity index (χ3n) is 2.81. The Labute approximate surface area is 125 Å². The van der Waals surface area contributed by atoms with Crippen molar-refractivity contribution in [1.29, 1.82) is 0 Å². The van der Waals surface area contributed by atoms with Gasteiger partial charge in [-0.05, 0) is 24.6 Å². The largest absolute Gasteiger partial charge is 0.327 e. The summed E-state index contributed by atoms with van der Waals surface area (Å²) >= 11 is 9.30. The second kappa shape index (κ2) is 5.81. The molecule has 0 aliphatic rings. The van der Waals surface area contributed by atoms with Gasteiger partial charge in [-0.1, -0.05) is 15.9 Å². The van der Waals surface area contributed by atoms with Crippen molar-refractivity contribution in [3.63, 3.8) is 0 Å². The minimum atomic E-state index is -2.93. The molecule has 104 valence electrons. The van der Waals surface area contributed by atoms with Crippen molar-refractivity contribution in [2.45, 2.75) is 18.8 Å². The van der Waals surface area contributed by atoms with Gasteiger partial charge in [-0.15, -0.1) is 11.6 Å². The predicted octanol–water partition coefficient (Wildman–Crippen LogP) is 2.97. The molecule has 1 heterocycles. The highest BCUT2D eigenvalue weighted by Crippen LogP contribution is 2.22. The Kier molecular flexibility index (Phi) is 4.53. The maximum Gasteiger partial charge on any atom is 0.147 e. The maximum absolute atomic E-state index is 11.2. The summed E-state index contributed by atoms with van der Waals surface area (Å²) in [5.74, 6) is 1.25. The molecule has 4 nitrogen and oxygen atoms in total. The van der Waals surface area contributed by atoms with E-state index in [0.29, 0.717) is 18.8 Å². The molecule has 19 heavy (non-hydrogen) atoms. The lowest BCUT2D eigenvalue weighted by atomic mass is 10.3. The van der Waals surface area contributed by atoms with Crippen LogP contribution in [0.15, 0.2) is 22.7 Å². The molecule has 0 unspecified atom stereocenters. The second-order valence-electron chi connectivity index (χ2n) is 4.43. The van der Waals surface area contributed by atoms with Crippen LogP contribution in [0.3, 0.4) is 0 Å². The van der Waals surface area contributed by atoms with E-state index in [1.807, 2.05) is 22.8 Å². The number of hydrogen-bond donors (Lipinski definition) is 0. The zero-order valence-electron chi connectivity index (χ0n) is 10.4. The third-order valence-corrected chi connectivity index (χ3v) is 4.57. The molecule has 0 radical (unpaired) electrons. The lowest BCUT2D eigenvalue weighted by Gasteiger charge is -2.07. The number of nitrogens with zero attached hydrogens (tertiary/aromatic N) is 2. The van der Waals surface area contributed by atoms with Crippen LogP contribution in [0.25, 0.3) is 11.0 Å². The normalized spacial score (nSPS) is 12.2. The van der Waals surface area contributed by atoms with Crippen molar-refractivity contribution in [2.75, 3.05) is 12.0 Å². The number of hydrogen-bond acceptors (Lipinski definition) is 3. The third kappa shape index (κ3) is 3.70. The van der Waals surface area contributed by atoms with Gasteiger partial charge in [0.2, 0.25) is 0 Å². The molecule has 0 amide bonds. The molecule has 0 spiro atoms. The summed E-state index contributed by atoms with van der Waals surface area (Å²) in [6, 6.07) is 5.83. The first kappa shape index (κ1) is 14.8. The van der Waals surface area contributed by atoms with Crippen molar-refractivity contribution in [1.82, 2.24) is 9.55 Å². The molecule has 0 N–H and O–H groups in total. The zero-order valence-corrected chi connectivity index (χ0v) is 13.6. The smallest absolute Gasteiger partial charge is 0.147 e. The van der Waals surface area contributed by atoms with Crippen LogP contribution < -0.4 is 0 Å². The summed E-state index contributed by atoms with van der Waals surface area (Å²) in [6.45, 7) is 0.604. The number of benzene rings is 1. The maximum atomic E-state index is 11.2. The molecule has 0 aliphatic heterocycles. The number of imidazole rings is 1. The van der Waals surface area contributed by atoms with Crippen molar-refractivity contribution in [2.24, 2.45) is 0 Å². The number of alkyl halides is 1. The van der Waals surface area contributed by atoms with E-state index in [4.69, 9.17) is 11.6 Å². The molecule has 0 fully saturated rings. The van der Waals surface area contributed by atoms with E-state index in [1.165, 1.54) is 6.26 Å².